The Bertz CT molecular complexity index is 1520. The van der Waals surface area contributed by atoms with E-state index in [0.29, 0.717) is 46.6 Å². The number of methoxy groups -OCH3 is 1. The molecule has 5 rings (SSSR count). The molecular weight excluding hydrogens is 522 g/mol. The predicted molar refractivity (Wildman–Crippen MR) is 157 cm³/mol. The molecular formula is C31H35N5O5. The summed E-state index contributed by atoms with van der Waals surface area (Å²) in [4.78, 5) is 31.7. The number of nitrogens with zero attached hydrogens (tertiary/aromatic N) is 3. The fourth-order valence-corrected chi connectivity index (χ4v) is 5.27. The molecule has 214 valence electrons. The van der Waals surface area contributed by atoms with Gasteiger partial charge in [0.2, 0.25) is 0 Å². The van der Waals surface area contributed by atoms with Crippen LogP contribution in [-0.4, -0.2) is 71.4 Å². The smallest absolute Gasteiger partial charge is 0.325 e. The second-order valence-electron chi connectivity index (χ2n) is 10.3. The van der Waals surface area contributed by atoms with Crippen molar-refractivity contribution >= 4 is 28.7 Å². The molecule has 1 atom stereocenters. The predicted octanol–water partition coefficient (Wildman–Crippen LogP) is 4.84. The van der Waals surface area contributed by atoms with Crippen molar-refractivity contribution in [1.29, 1.82) is 0 Å². The number of carbonyl (C=O) groups is 2. The molecule has 41 heavy (non-hydrogen) atoms. The number of likely N-dealkylation sites (tertiary alicyclic amines) is 1. The molecule has 0 bridgehead atoms. The van der Waals surface area contributed by atoms with Crippen LogP contribution in [0.3, 0.4) is 0 Å². The van der Waals surface area contributed by atoms with Crippen LogP contribution in [0.1, 0.15) is 41.6 Å². The molecule has 1 fully saturated rings. The molecule has 3 N–H and O–H groups in total. The zero-order valence-electron chi connectivity index (χ0n) is 23.5. The first kappa shape index (κ1) is 28.1. The SMILES string of the molecule is CNC(=O)n1ccc2cc(Oc3ccnc(NC(=O)c4ccc(C5CCN(C[C@@H](C)O)CC5)cc4)c3)c(OC)cc21. The highest BCUT2D eigenvalue weighted by molar-refractivity contribution is 6.03. The standard InChI is InChI=1S/C31H35N5O5/c1-20(37)19-35-13-9-22(10-14-35)21-4-6-23(7-5-21)30(38)34-29-17-25(8-12-33-29)41-28-16-24-11-15-36(31(39)32-2)26(24)18-27(28)40-3/h4-8,11-12,15-18,20,22,37H,9-10,13-14,19H2,1-3H3,(H,32,39)(H,33,34,38)/t20-/m1/s1. The van der Waals surface area contributed by atoms with Gasteiger partial charge in [0.25, 0.3) is 5.91 Å². The number of nitrogens with one attached hydrogen (secondary N) is 2. The van der Waals surface area contributed by atoms with E-state index in [4.69, 9.17) is 9.47 Å². The molecule has 1 aliphatic heterocycles. The number of rotatable bonds is 8. The van der Waals surface area contributed by atoms with Crippen molar-refractivity contribution in [2.45, 2.75) is 31.8 Å². The lowest BCUT2D eigenvalue weighted by molar-refractivity contribution is 0.102. The zero-order valence-corrected chi connectivity index (χ0v) is 23.5. The third-order valence-electron chi connectivity index (χ3n) is 7.36. The normalized spacial score (nSPS) is 14.9. The van der Waals surface area contributed by atoms with Crippen molar-refractivity contribution in [1.82, 2.24) is 19.8 Å². The van der Waals surface area contributed by atoms with Crippen LogP contribution < -0.4 is 20.1 Å². The van der Waals surface area contributed by atoms with Crippen molar-refractivity contribution in [3.63, 3.8) is 0 Å². The first-order valence-corrected chi connectivity index (χ1v) is 13.7. The largest absolute Gasteiger partial charge is 0.493 e. The number of hydrogen-bond donors (Lipinski definition) is 3. The van der Waals surface area contributed by atoms with Crippen LogP contribution in [0.4, 0.5) is 10.6 Å². The van der Waals surface area contributed by atoms with Gasteiger partial charge in [-0.2, -0.15) is 0 Å². The Morgan fingerprint density at radius 1 is 1.07 bits per heavy atom. The van der Waals surface area contributed by atoms with Crippen LogP contribution in [0, 0.1) is 0 Å². The quantitative estimate of drug-likeness (QED) is 0.284. The Morgan fingerprint density at radius 2 is 1.83 bits per heavy atom. The number of aromatic nitrogens is 2. The summed E-state index contributed by atoms with van der Waals surface area (Å²) in [6, 6.07) is 16.2. The number of benzene rings is 2. The fourth-order valence-electron chi connectivity index (χ4n) is 5.27. The van der Waals surface area contributed by atoms with E-state index in [1.807, 2.05) is 37.3 Å². The lowest BCUT2D eigenvalue weighted by atomic mass is 9.89. The zero-order chi connectivity index (χ0) is 28.9. The highest BCUT2D eigenvalue weighted by atomic mass is 16.5. The van der Waals surface area contributed by atoms with Crippen molar-refractivity contribution in [2.24, 2.45) is 0 Å². The number of pyridine rings is 1. The maximum absolute atomic E-state index is 13.0. The first-order valence-electron chi connectivity index (χ1n) is 13.7. The van der Waals surface area contributed by atoms with Gasteiger partial charge in [0.05, 0.1) is 18.7 Å². The number of amides is 2. The molecule has 2 aromatic carbocycles. The summed E-state index contributed by atoms with van der Waals surface area (Å²) in [6.07, 6.45) is 5.00. The first-order chi connectivity index (χ1) is 19.8. The van der Waals surface area contributed by atoms with Crippen molar-refractivity contribution < 1.29 is 24.2 Å². The molecule has 2 aromatic heterocycles. The van der Waals surface area contributed by atoms with Crippen LogP contribution in [0.5, 0.6) is 17.2 Å². The van der Waals surface area contributed by atoms with Gasteiger partial charge >= 0.3 is 6.03 Å². The Balaban J connectivity index is 1.24. The fraction of sp³-hybridized carbons (Fsp3) is 0.323. The average molecular weight is 558 g/mol. The number of carbonyl (C=O) groups excluding carboxylic acids is 2. The summed E-state index contributed by atoms with van der Waals surface area (Å²) in [6.45, 7) is 4.46. The topological polar surface area (TPSA) is 118 Å². The van der Waals surface area contributed by atoms with Crippen LogP contribution in [0.2, 0.25) is 0 Å². The van der Waals surface area contributed by atoms with E-state index in [9.17, 15) is 14.7 Å². The number of β-amino-alcohol motifs (C(OH)–C–C–N with tert-alkyl or cyclic N) is 1. The summed E-state index contributed by atoms with van der Waals surface area (Å²) >= 11 is 0. The molecule has 10 nitrogen and oxygen atoms in total. The van der Waals surface area contributed by atoms with Gasteiger partial charge in [-0.3, -0.25) is 9.36 Å². The maximum Gasteiger partial charge on any atom is 0.325 e. The molecule has 0 radical (unpaired) electrons. The van der Waals surface area contributed by atoms with Gasteiger partial charge in [-0.15, -0.1) is 0 Å². The summed E-state index contributed by atoms with van der Waals surface area (Å²) in [5.41, 5.74) is 2.45. The van der Waals surface area contributed by atoms with Gasteiger partial charge < -0.3 is 30.1 Å². The van der Waals surface area contributed by atoms with Crippen LogP contribution in [-0.2, 0) is 0 Å². The molecule has 10 heteroatoms. The Labute approximate surface area is 238 Å². The molecule has 1 saturated heterocycles. The lowest BCUT2D eigenvalue weighted by Gasteiger charge is -2.32. The highest BCUT2D eigenvalue weighted by Gasteiger charge is 2.22. The molecule has 0 aliphatic carbocycles. The van der Waals surface area contributed by atoms with Crippen molar-refractivity contribution in [3.05, 3.63) is 78.1 Å². The highest BCUT2D eigenvalue weighted by Crippen LogP contribution is 2.36. The van der Waals surface area contributed by atoms with Crippen LogP contribution in [0.15, 0.2) is 67.0 Å². The number of hydrogen-bond acceptors (Lipinski definition) is 7. The number of ether oxygens (including phenoxy) is 2. The lowest BCUT2D eigenvalue weighted by Crippen LogP contribution is -2.37. The minimum atomic E-state index is -0.312. The van der Waals surface area contributed by atoms with Gasteiger partial charge in [-0.05, 0) is 74.7 Å². The second kappa shape index (κ2) is 12.4. The number of fused-ring (bicyclic) bond motifs is 1. The van der Waals surface area contributed by atoms with Gasteiger partial charge in [0, 0.05) is 49.1 Å². The molecule has 3 heterocycles. The summed E-state index contributed by atoms with van der Waals surface area (Å²) in [5.74, 6) is 1.93. The van der Waals surface area contributed by atoms with Crippen molar-refractivity contribution in [2.75, 3.05) is 39.1 Å². The minimum absolute atomic E-state index is 0.255. The van der Waals surface area contributed by atoms with Gasteiger partial charge in [0.15, 0.2) is 11.5 Å². The van der Waals surface area contributed by atoms with E-state index >= 15 is 0 Å². The molecule has 0 unspecified atom stereocenters. The Morgan fingerprint density at radius 3 is 2.51 bits per heavy atom. The molecule has 2 amide bonds. The summed E-state index contributed by atoms with van der Waals surface area (Å²) in [5, 5.41) is 15.9. The maximum atomic E-state index is 13.0. The van der Waals surface area contributed by atoms with E-state index in [-0.39, 0.29) is 18.0 Å². The Kier molecular flexibility index (Phi) is 8.51. The second-order valence-corrected chi connectivity index (χ2v) is 10.3. The molecule has 1 aliphatic rings. The van der Waals surface area contributed by atoms with Crippen LogP contribution in [0.25, 0.3) is 10.9 Å². The minimum Gasteiger partial charge on any atom is -0.493 e. The number of aliphatic hydroxyl groups excluding tert-OH is 1. The average Bonchev–Trinajstić information content (AvgIpc) is 3.39. The van der Waals surface area contributed by atoms with Gasteiger partial charge in [0.1, 0.15) is 11.6 Å². The summed E-state index contributed by atoms with van der Waals surface area (Å²) < 4.78 is 13.1. The van der Waals surface area contributed by atoms with Crippen molar-refractivity contribution in [3.8, 4) is 17.2 Å². The van der Waals surface area contributed by atoms with E-state index in [0.717, 1.165) is 31.3 Å². The number of anilines is 1. The van der Waals surface area contributed by atoms with E-state index in [1.54, 1.807) is 43.7 Å². The third-order valence-corrected chi connectivity index (χ3v) is 7.36. The Hall–Kier alpha value is -4.41. The monoisotopic (exact) mass is 557 g/mol. The molecule has 0 spiro atoms. The molecule has 4 aromatic rings. The van der Waals surface area contributed by atoms with E-state index < -0.39 is 0 Å². The van der Waals surface area contributed by atoms with Gasteiger partial charge in [-0.1, -0.05) is 12.1 Å². The van der Waals surface area contributed by atoms with Gasteiger partial charge in [-0.25, -0.2) is 9.78 Å². The third kappa shape index (κ3) is 6.50. The number of piperidine rings is 1. The number of aliphatic hydroxyl groups is 1. The van der Waals surface area contributed by atoms with E-state index in [2.05, 4.69) is 20.5 Å². The molecule has 0 saturated carbocycles. The van der Waals surface area contributed by atoms with Crippen LogP contribution >= 0.6 is 0 Å². The van der Waals surface area contributed by atoms with E-state index in [1.165, 1.54) is 17.2 Å². The summed E-state index contributed by atoms with van der Waals surface area (Å²) in [7, 11) is 3.11.